The lowest BCUT2D eigenvalue weighted by atomic mass is 10.0. The van der Waals surface area contributed by atoms with Gasteiger partial charge in [0.25, 0.3) is 0 Å². The summed E-state index contributed by atoms with van der Waals surface area (Å²) in [4.78, 5) is 4.43. The molecule has 27 heavy (non-hydrogen) atoms. The number of anilines is 2. The van der Waals surface area contributed by atoms with Gasteiger partial charge in [-0.2, -0.15) is 5.26 Å². The highest BCUT2D eigenvalue weighted by atomic mass is 16.3. The topological polar surface area (TPSA) is 81.0 Å². The number of pyridine rings is 1. The van der Waals surface area contributed by atoms with Crippen LogP contribution in [0.4, 0.5) is 11.4 Å². The number of rotatable bonds is 7. The SMILES string of the molecule is C=CC(O)Nc1cccc(-c2ccc3nccc(NCC(C)C#N)c3c2)c1. The molecular formula is C22H22N4O. The summed E-state index contributed by atoms with van der Waals surface area (Å²) < 4.78 is 0. The first-order valence-corrected chi connectivity index (χ1v) is 8.80. The smallest absolute Gasteiger partial charge is 0.143 e. The number of fused-ring (bicyclic) bond motifs is 1. The van der Waals surface area contributed by atoms with Gasteiger partial charge in [0.1, 0.15) is 6.23 Å². The van der Waals surface area contributed by atoms with Gasteiger partial charge in [-0.15, -0.1) is 0 Å². The van der Waals surface area contributed by atoms with Crippen LogP contribution in [0.1, 0.15) is 6.92 Å². The van der Waals surface area contributed by atoms with E-state index in [4.69, 9.17) is 5.26 Å². The van der Waals surface area contributed by atoms with Crippen molar-refractivity contribution in [2.75, 3.05) is 17.2 Å². The fourth-order valence-corrected chi connectivity index (χ4v) is 2.81. The number of hydrogen-bond acceptors (Lipinski definition) is 5. The lowest BCUT2D eigenvalue weighted by Gasteiger charge is -2.13. The molecule has 0 bridgehead atoms. The summed E-state index contributed by atoms with van der Waals surface area (Å²) in [5.41, 5.74) is 4.74. The van der Waals surface area contributed by atoms with Crippen LogP contribution < -0.4 is 10.6 Å². The van der Waals surface area contributed by atoms with E-state index >= 15 is 0 Å². The molecule has 2 unspecified atom stereocenters. The molecule has 2 aromatic carbocycles. The third-order valence-electron chi connectivity index (χ3n) is 4.29. The quantitative estimate of drug-likeness (QED) is 0.431. The number of hydrogen-bond donors (Lipinski definition) is 3. The van der Waals surface area contributed by atoms with Crippen molar-refractivity contribution in [3.8, 4) is 17.2 Å². The third kappa shape index (κ3) is 4.43. The lowest BCUT2D eigenvalue weighted by Crippen LogP contribution is -2.14. The summed E-state index contributed by atoms with van der Waals surface area (Å²) >= 11 is 0. The van der Waals surface area contributed by atoms with E-state index < -0.39 is 6.23 Å². The zero-order valence-corrected chi connectivity index (χ0v) is 15.2. The van der Waals surface area contributed by atoms with Crippen molar-refractivity contribution in [3.63, 3.8) is 0 Å². The Bertz CT molecular complexity index is 993. The molecule has 1 aromatic heterocycles. The molecule has 3 N–H and O–H groups in total. The van der Waals surface area contributed by atoms with Gasteiger partial charge in [-0.3, -0.25) is 4.98 Å². The van der Waals surface area contributed by atoms with Crippen LogP contribution in [0.3, 0.4) is 0 Å². The van der Waals surface area contributed by atoms with Gasteiger partial charge in [-0.25, -0.2) is 0 Å². The van der Waals surface area contributed by atoms with Gasteiger partial charge in [0.2, 0.25) is 0 Å². The minimum Gasteiger partial charge on any atom is -0.383 e. The highest BCUT2D eigenvalue weighted by molar-refractivity contribution is 5.94. The maximum absolute atomic E-state index is 9.71. The molecule has 1 heterocycles. The van der Waals surface area contributed by atoms with Gasteiger partial charge in [-0.1, -0.05) is 24.8 Å². The number of nitriles is 1. The fraction of sp³-hybridized carbons (Fsp3) is 0.182. The third-order valence-corrected chi connectivity index (χ3v) is 4.29. The minimum absolute atomic E-state index is 0.0737. The summed E-state index contributed by atoms with van der Waals surface area (Å²) in [6.45, 7) is 6.04. The maximum atomic E-state index is 9.71. The van der Waals surface area contributed by atoms with Crippen molar-refractivity contribution in [2.24, 2.45) is 5.92 Å². The van der Waals surface area contributed by atoms with Crippen LogP contribution in [0.5, 0.6) is 0 Å². The molecular weight excluding hydrogens is 336 g/mol. The number of aromatic nitrogens is 1. The Kier molecular flexibility index (Phi) is 5.70. The van der Waals surface area contributed by atoms with E-state index in [0.29, 0.717) is 6.54 Å². The first kappa shape index (κ1) is 18.4. The molecule has 136 valence electrons. The normalized spacial score (nSPS) is 12.8. The van der Waals surface area contributed by atoms with Crippen LogP contribution in [-0.4, -0.2) is 22.9 Å². The Labute approximate surface area is 159 Å². The monoisotopic (exact) mass is 358 g/mol. The van der Waals surface area contributed by atoms with Crippen LogP contribution in [0.25, 0.3) is 22.0 Å². The Morgan fingerprint density at radius 2 is 2.04 bits per heavy atom. The molecule has 0 aliphatic rings. The van der Waals surface area contributed by atoms with Crippen LogP contribution in [0.2, 0.25) is 0 Å². The molecule has 5 heteroatoms. The zero-order valence-electron chi connectivity index (χ0n) is 15.2. The molecule has 0 saturated carbocycles. The molecule has 0 saturated heterocycles. The summed E-state index contributed by atoms with van der Waals surface area (Å²) in [7, 11) is 0. The molecule has 0 radical (unpaired) electrons. The Hall–Kier alpha value is -3.36. The average molecular weight is 358 g/mol. The van der Waals surface area contributed by atoms with Gasteiger partial charge in [0.05, 0.1) is 17.5 Å². The van der Waals surface area contributed by atoms with E-state index in [2.05, 4.69) is 34.3 Å². The van der Waals surface area contributed by atoms with Crippen LogP contribution >= 0.6 is 0 Å². The molecule has 0 aliphatic carbocycles. The van der Waals surface area contributed by atoms with Gasteiger partial charge in [0, 0.05) is 29.5 Å². The number of nitrogens with zero attached hydrogens (tertiary/aromatic N) is 2. The van der Waals surface area contributed by atoms with Crippen molar-refractivity contribution < 1.29 is 5.11 Å². The Morgan fingerprint density at radius 1 is 1.22 bits per heavy atom. The van der Waals surface area contributed by atoms with Gasteiger partial charge < -0.3 is 15.7 Å². The van der Waals surface area contributed by atoms with E-state index in [9.17, 15) is 5.11 Å². The highest BCUT2D eigenvalue weighted by Gasteiger charge is 2.07. The summed E-state index contributed by atoms with van der Waals surface area (Å²) in [6, 6.07) is 18.1. The van der Waals surface area contributed by atoms with E-state index in [1.54, 1.807) is 6.20 Å². The molecule has 2 atom stereocenters. The summed E-state index contributed by atoms with van der Waals surface area (Å²) in [6.07, 6.45) is 2.41. The summed E-state index contributed by atoms with van der Waals surface area (Å²) in [5, 5.41) is 26.0. The largest absolute Gasteiger partial charge is 0.383 e. The number of aliphatic hydroxyl groups excluding tert-OH is 1. The van der Waals surface area contributed by atoms with Crippen molar-refractivity contribution in [2.45, 2.75) is 13.2 Å². The van der Waals surface area contributed by atoms with Crippen molar-refractivity contribution in [3.05, 3.63) is 67.4 Å². The Morgan fingerprint density at radius 3 is 2.81 bits per heavy atom. The highest BCUT2D eigenvalue weighted by Crippen LogP contribution is 2.29. The fourth-order valence-electron chi connectivity index (χ4n) is 2.81. The molecule has 0 spiro atoms. The first-order chi connectivity index (χ1) is 13.1. The van der Waals surface area contributed by atoms with Crippen molar-refractivity contribution in [1.82, 2.24) is 4.98 Å². The molecule has 3 aromatic rings. The van der Waals surface area contributed by atoms with Crippen molar-refractivity contribution in [1.29, 1.82) is 5.26 Å². The number of aliphatic hydroxyl groups is 1. The van der Waals surface area contributed by atoms with E-state index in [1.807, 2.05) is 49.4 Å². The Balaban J connectivity index is 1.95. The van der Waals surface area contributed by atoms with E-state index in [1.165, 1.54) is 6.08 Å². The van der Waals surface area contributed by atoms with E-state index in [-0.39, 0.29) is 5.92 Å². The number of benzene rings is 2. The molecule has 0 fully saturated rings. The van der Waals surface area contributed by atoms with Gasteiger partial charge in [0.15, 0.2) is 0 Å². The molecule has 0 aliphatic heterocycles. The second-order valence-corrected chi connectivity index (χ2v) is 6.41. The molecule has 5 nitrogen and oxygen atoms in total. The van der Waals surface area contributed by atoms with Crippen LogP contribution in [0.15, 0.2) is 67.4 Å². The average Bonchev–Trinajstić information content (AvgIpc) is 2.71. The second-order valence-electron chi connectivity index (χ2n) is 6.41. The summed E-state index contributed by atoms with van der Waals surface area (Å²) in [5.74, 6) is -0.0737. The standard InChI is InChI=1S/C22H22N4O/c1-3-22(27)26-18-6-4-5-16(11-18)17-7-8-20-19(12-17)21(9-10-24-20)25-14-15(2)13-23/h3-12,15,22,26-27H,1,14H2,2H3,(H,24,25). The zero-order chi connectivity index (χ0) is 19.2. The van der Waals surface area contributed by atoms with E-state index in [0.717, 1.165) is 33.4 Å². The predicted molar refractivity (Wildman–Crippen MR) is 110 cm³/mol. The van der Waals surface area contributed by atoms with Gasteiger partial charge >= 0.3 is 0 Å². The van der Waals surface area contributed by atoms with Crippen molar-refractivity contribution >= 4 is 22.3 Å². The molecule has 3 rings (SSSR count). The minimum atomic E-state index is -0.793. The predicted octanol–water partition coefficient (Wildman–Crippen LogP) is 4.39. The van der Waals surface area contributed by atoms with Crippen LogP contribution in [-0.2, 0) is 0 Å². The van der Waals surface area contributed by atoms with Gasteiger partial charge in [-0.05, 0) is 54.5 Å². The number of nitrogens with one attached hydrogen (secondary N) is 2. The molecule has 0 amide bonds. The second kappa shape index (κ2) is 8.35. The van der Waals surface area contributed by atoms with Crippen LogP contribution in [0, 0.1) is 17.2 Å². The lowest BCUT2D eigenvalue weighted by molar-refractivity contribution is 0.253. The maximum Gasteiger partial charge on any atom is 0.143 e. The first-order valence-electron chi connectivity index (χ1n) is 8.80.